The van der Waals surface area contributed by atoms with Crippen LogP contribution in [0.4, 0.5) is 0 Å². The van der Waals surface area contributed by atoms with Crippen LogP contribution in [-0.2, 0) is 10.0 Å². The molecule has 1 amide bonds. The van der Waals surface area contributed by atoms with Crippen LogP contribution in [0, 0.1) is 0 Å². The number of amides is 1. The third kappa shape index (κ3) is 4.84. The fraction of sp³-hybridized carbons (Fsp3) is 0.611. The van der Waals surface area contributed by atoms with Gasteiger partial charge in [-0.25, -0.2) is 8.42 Å². The standard InChI is InChI=1S/C18H26ClN3O5S/c1-28(26,27)22-10-8-20(9-11-22)12-18(25)13-21(7-6-16(18)23)17(24)14-2-4-15(19)5-3-14/h2-5,16,23,25H,6-13H2,1H3/t16-,18+/m1/s1. The quantitative estimate of drug-likeness (QED) is 0.687. The van der Waals surface area contributed by atoms with Gasteiger partial charge in [0.2, 0.25) is 10.0 Å². The molecular weight excluding hydrogens is 406 g/mol. The van der Waals surface area contributed by atoms with E-state index in [1.807, 2.05) is 4.90 Å². The van der Waals surface area contributed by atoms with Crippen LogP contribution in [-0.4, -0.2) is 102 Å². The smallest absolute Gasteiger partial charge is 0.253 e. The summed E-state index contributed by atoms with van der Waals surface area (Å²) < 4.78 is 24.7. The van der Waals surface area contributed by atoms with Crippen molar-refractivity contribution in [2.45, 2.75) is 18.1 Å². The fourth-order valence-corrected chi connectivity index (χ4v) is 4.72. The lowest BCUT2D eigenvalue weighted by Gasteiger charge is -2.46. The number of piperazine rings is 1. The first-order chi connectivity index (χ1) is 13.1. The molecule has 1 aromatic rings. The van der Waals surface area contributed by atoms with Crippen molar-refractivity contribution in [3.05, 3.63) is 34.9 Å². The van der Waals surface area contributed by atoms with E-state index in [1.165, 1.54) is 10.6 Å². The van der Waals surface area contributed by atoms with Gasteiger partial charge in [0.25, 0.3) is 5.91 Å². The lowest BCUT2D eigenvalue weighted by atomic mass is 9.88. The molecule has 2 heterocycles. The molecule has 28 heavy (non-hydrogen) atoms. The van der Waals surface area contributed by atoms with E-state index in [4.69, 9.17) is 11.6 Å². The van der Waals surface area contributed by atoms with Crippen LogP contribution >= 0.6 is 11.6 Å². The minimum absolute atomic E-state index is 0.0158. The Labute approximate surface area is 170 Å². The molecule has 156 valence electrons. The van der Waals surface area contributed by atoms with Crippen LogP contribution in [0.15, 0.2) is 24.3 Å². The molecule has 2 aliphatic rings. The Morgan fingerprint density at radius 3 is 2.36 bits per heavy atom. The van der Waals surface area contributed by atoms with Crippen molar-refractivity contribution >= 4 is 27.5 Å². The third-order valence-corrected chi connectivity index (χ3v) is 6.99. The van der Waals surface area contributed by atoms with E-state index in [9.17, 15) is 23.4 Å². The second-order valence-corrected chi connectivity index (χ2v) is 10.00. The highest BCUT2D eigenvalue weighted by atomic mass is 35.5. The monoisotopic (exact) mass is 431 g/mol. The van der Waals surface area contributed by atoms with Gasteiger partial charge in [0.05, 0.1) is 18.9 Å². The Balaban J connectivity index is 1.65. The van der Waals surface area contributed by atoms with Crippen LogP contribution in [0.25, 0.3) is 0 Å². The maximum Gasteiger partial charge on any atom is 0.253 e. The van der Waals surface area contributed by atoms with Gasteiger partial charge in [0, 0.05) is 49.9 Å². The average Bonchev–Trinajstić information content (AvgIpc) is 2.64. The summed E-state index contributed by atoms with van der Waals surface area (Å²) >= 11 is 5.87. The number of hydrogen-bond donors (Lipinski definition) is 2. The number of nitrogens with zero attached hydrogens (tertiary/aromatic N) is 3. The topological polar surface area (TPSA) is 101 Å². The van der Waals surface area contributed by atoms with Gasteiger partial charge in [-0.3, -0.25) is 9.69 Å². The van der Waals surface area contributed by atoms with E-state index in [1.54, 1.807) is 29.2 Å². The summed E-state index contributed by atoms with van der Waals surface area (Å²) in [6, 6.07) is 6.56. The molecule has 0 bridgehead atoms. The van der Waals surface area contributed by atoms with E-state index < -0.39 is 21.7 Å². The number of likely N-dealkylation sites (tertiary alicyclic amines) is 1. The number of piperidine rings is 1. The summed E-state index contributed by atoms with van der Waals surface area (Å²) in [6.45, 7) is 2.17. The number of halogens is 1. The minimum Gasteiger partial charge on any atom is -0.390 e. The van der Waals surface area contributed by atoms with Gasteiger partial charge in [-0.1, -0.05) is 11.6 Å². The van der Waals surface area contributed by atoms with E-state index in [2.05, 4.69) is 0 Å². The molecule has 0 aliphatic carbocycles. The van der Waals surface area contributed by atoms with Crippen molar-refractivity contribution in [3.8, 4) is 0 Å². The maximum atomic E-state index is 12.8. The molecule has 1 aromatic carbocycles. The summed E-state index contributed by atoms with van der Waals surface area (Å²) in [5.41, 5.74) is -0.988. The maximum absolute atomic E-state index is 12.8. The Kier molecular flexibility index (Phi) is 6.33. The van der Waals surface area contributed by atoms with Crippen LogP contribution in [0.5, 0.6) is 0 Å². The van der Waals surface area contributed by atoms with Gasteiger partial charge in [-0.15, -0.1) is 0 Å². The summed E-state index contributed by atoms with van der Waals surface area (Å²) in [5.74, 6) is -0.219. The molecule has 0 saturated carbocycles. The molecule has 2 saturated heterocycles. The number of aliphatic hydroxyl groups is 2. The van der Waals surface area contributed by atoms with Crippen molar-refractivity contribution in [3.63, 3.8) is 0 Å². The molecular formula is C18H26ClN3O5S. The highest BCUT2D eigenvalue weighted by Gasteiger charge is 2.44. The van der Waals surface area contributed by atoms with E-state index in [-0.39, 0.29) is 25.4 Å². The first-order valence-electron chi connectivity index (χ1n) is 9.21. The summed E-state index contributed by atoms with van der Waals surface area (Å²) in [7, 11) is -3.23. The van der Waals surface area contributed by atoms with E-state index in [0.29, 0.717) is 43.3 Å². The zero-order valence-corrected chi connectivity index (χ0v) is 17.4. The lowest BCUT2D eigenvalue weighted by molar-refractivity contribution is -0.128. The predicted molar refractivity (Wildman–Crippen MR) is 106 cm³/mol. The number of rotatable bonds is 4. The van der Waals surface area contributed by atoms with Gasteiger partial charge in [-0.05, 0) is 30.7 Å². The number of aliphatic hydroxyl groups excluding tert-OH is 1. The van der Waals surface area contributed by atoms with Crippen LogP contribution in [0.1, 0.15) is 16.8 Å². The minimum atomic E-state index is -3.23. The molecule has 10 heteroatoms. The Hall–Kier alpha value is -1.23. The van der Waals surface area contributed by atoms with Crippen LogP contribution < -0.4 is 0 Å². The Bertz CT molecular complexity index is 811. The van der Waals surface area contributed by atoms with Crippen molar-refractivity contribution in [1.82, 2.24) is 14.1 Å². The van der Waals surface area contributed by atoms with Gasteiger partial charge in [0.1, 0.15) is 5.60 Å². The third-order valence-electron chi connectivity index (χ3n) is 5.43. The first kappa shape index (κ1) is 21.5. The summed E-state index contributed by atoms with van der Waals surface area (Å²) in [4.78, 5) is 16.2. The second-order valence-electron chi connectivity index (χ2n) is 7.58. The fourth-order valence-electron chi connectivity index (χ4n) is 3.77. The van der Waals surface area contributed by atoms with Crippen LogP contribution in [0.3, 0.4) is 0 Å². The summed E-state index contributed by atoms with van der Waals surface area (Å²) in [6.07, 6.45) is 0.509. The number of sulfonamides is 1. The van der Waals surface area contributed by atoms with E-state index >= 15 is 0 Å². The largest absolute Gasteiger partial charge is 0.390 e. The van der Waals surface area contributed by atoms with Crippen molar-refractivity contribution in [2.24, 2.45) is 0 Å². The van der Waals surface area contributed by atoms with Crippen molar-refractivity contribution in [2.75, 3.05) is 52.1 Å². The highest BCUT2D eigenvalue weighted by molar-refractivity contribution is 7.88. The van der Waals surface area contributed by atoms with Gasteiger partial charge in [0.15, 0.2) is 0 Å². The molecule has 2 fully saturated rings. The van der Waals surface area contributed by atoms with Gasteiger partial charge in [-0.2, -0.15) is 4.31 Å². The predicted octanol–water partition coefficient (Wildman–Crippen LogP) is -0.145. The molecule has 2 atom stereocenters. The molecule has 2 N–H and O–H groups in total. The Morgan fingerprint density at radius 2 is 1.79 bits per heavy atom. The number of β-amino-alcohol motifs (C(OH)–C–C–N with tert-alkyl or cyclic N) is 1. The molecule has 0 spiro atoms. The van der Waals surface area contributed by atoms with E-state index in [0.717, 1.165) is 0 Å². The normalized spacial score (nSPS) is 27.7. The molecule has 3 rings (SSSR count). The van der Waals surface area contributed by atoms with Crippen molar-refractivity contribution in [1.29, 1.82) is 0 Å². The molecule has 2 aliphatic heterocycles. The number of carbonyl (C=O) groups is 1. The molecule has 8 nitrogen and oxygen atoms in total. The highest BCUT2D eigenvalue weighted by Crippen LogP contribution is 2.25. The SMILES string of the molecule is CS(=O)(=O)N1CCN(C[C@]2(O)CN(C(=O)c3ccc(Cl)cc3)CC[C@H]2O)CC1. The van der Waals surface area contributed by atoms with Crippen molar-refractivity contribution < 1.29 is 23.4 Å². The zero-order valence-electron chi connectivity index (χ0n) is 15.8. The molecule has 0 radical (unpaired) electrons. The van der Waals surface area contributed by atoms with Gasteiger partial charge < -0.3 is 15.1 Å². The van der Waals surface area contributed by atoms with Crippen LogP contribution in [0.2, 0.25) is 5.02 Å². The number of hydrogen-bond acceptors (Lipinski definition) is 6. The number of benzene rings is 1. The lowest BCUT2D eigenvalue weighted by Crippen LogP contribution is -2.64. The average molecular weight is 432 g/mol. The molecule has 0 unspecified atom stereocenters. The zero-order chi connectivity index (χ0) is 20.5. The number of carbonyl (C=O) groups excluding carboxylic acids is 1. The molecule has 0 aromatic heterocycles. The Morgan fingerprint density at radius 1 is 1.18 bits per heavy atom. The second kappa shape index (κ2) is 8.25. The first-order valence-corrected chi connectivity index (χ1v) is 11.4. The van der Waals surface area contributed by atoms with Gasteiger partial charge >= 0.3 is 0 Å². The summed E-state index contributed by atoms with van der Waals surface area (Å²) in [5, 5.41) is 22.0.